The Morgan fingerprint density at radius 2 is 2.06 bits per heavy atom. The lowest BCUT2D eigenvalue weighted by atomic mass is 10.1. The molecule has 0 unspecified atom stereocenters. The van der Waals surface area contributed by atoms with Gasteiger partial charge in [0.05, 0.1) is 35.6 Å². The predicted molar refractivity (Wildman–Crippen MR) is 126 cm³/mol. The van der Waals surface area contributed by atoms with Crippen LogP contribution in [0.4, 0.5) is 11.4 Å². The van der Waals surface area contributed by atoms with Gasteiger partial charge in [0, 0.05) is 23.3 Å². The van der Waals surface area contributed by atoms with E-state index in [1.165, 1.54) is 0 Å². The Morgan fingerprint density at radius 1 is 1.18 bits per heavy atom. The Bertz CT molecular complexity index is 1330. The Balaban J connectivity index is 1.26. The monoisotopic (exact) mass is 440 g/mol. The van der Waals surface area contributed by atoms with Crippen LogP contribution in [0.25, 0.3) is 10.9 Å². The van der Waals surface area contributed by atoms with Gasteiger partial charge >= 0.3 is 0 Å². The average Bonchev–Trinajstić information content (AvgIpc) is 3.46. The highest BCUT2D eigenvalue weighted by atomic mass is 16.2. The van der Waals surface area contributed by atoms with Crippen molar-refractivity contribution < 1.29 is 4.79 Å². The van der Waals surface area contributed by atoms with E-state index in [1.807, 2.05) is 36.4 Å². The zero-order valence-corrected chi connectivity index (χ0v) is 18.0. The van der Waals surface area contributed by atoms with Crippen LogP contribution in [0.1, 0.15) is 34.5 Å². The molecule has 3 heterocycles. The van der Waals surface area contributed by atoms with E-state index in [0.717, 1.165) is 48.1 Å². The third kappa shape index (κ3) is 4.71. The number of hydrogen-bond donors (Lipinski definition) is 4. The van der Waals surface area contributed by atoms with Crippen molar-refractivity contribution in [2.24, 2.45) is 0 Å². The molecule has 1 fully saturated rings. The van der Waals surface area contributed by atoms with E-state index < -0.39 is 0 Å². The molecular formula is C24H24N8O. The van der Waals surface area contributed by atoms with Gasteiger partial charge in [-0.3, -0.25) is 14.6 Å². The third-order valence-electron chi connectivity index (χ3n) is 5.78. The summed E-state index contributed by atoms with van der Waals surface area (Å²) in [7, 11) is 0. The third-order valence-corrected chi connectivity index (χ3v) is 5.78. The molecule has 9 nitrogen and oxygen atoms in total. The summed E-state index contributed by atoms with van der Waals surface area (Å²) in [4.78, 5) is 12.9. The number of H-pyrrole nitrogens is 1. The van der Waals surface area contributed by atoms with Crippen molar-refractivity contribution in [3.05, 3.63) is 71.7 Å². The van der Waals surface area contributed by atoms with Gasteiger partial charge in [-0.1, -0.05) is 12.1 Å². The van der Waals surface area contributed by atoms with Crippen LogP contribution >= 0.6 is 0 Å². The molecule has 0 bridgehead atoms. The van der Waals surface area contributed by atoms with Gasteiger partial charge in [0.25, 0.3) is 5.91 Å². The fourth-order valence-electron chi connectivity index (χ4n) is 4.12. The number of nitrogens with one attached hydrogen (secondary N) is 4. The minimum absolute atomic E-state index is 0.300. The van der Waals surface area contributed by atoms with Crippen molar-refractivity contribution in [3.8, 4) is 6.07 Å². The van der Waals surface area contributed by atoms with E-state index in [-0.39, 0.29) is 5.91 Å². The lowest BCUT2D eigenvalue weighted by Gasteiger charge is -2.24. The highest BCUT2D eigenvalue weighted by molar-refractivity contribution is 6.11. The minimum atomic E-state index is -0.300. The Hall–Kier alpha value is -4.16. The van der Waals surface area contributed by atoms with Crippen LogP contribution in [-0.4, -0.2) is 45.0 Å². The summed E-state index contributed by atoms with van der Waals surface area (Å²) in [6, 6.07) is 15.9. The topological polar surface area (TPSA) is 123 Å². The van der Waals surface area contributed by atoms with Gasteiger partial charge in [-0.2, -0.15) is 15.5 Å². The number of fused-ring (bicyclic) bond motifs is 1. The van der Waals surface area contributed by atoms with Crippen molar-refractivity contribution in [1.29, 1.82) is 5.26 Å². The van der Waals surface area contributed by atoms with Gasteiger partial charge in [-0.15, -0.1) is 0 Å². The second kappa shape index (κ2) is 9.14. The maximum atomic E-state index is 12.9. The number of aromatic amines is 1. The molecular weight excluding hydrogens is 416 g/mol. The smallest absolute Gasteiger partial charge is 0.276 e. The number of aromatic nitrogens is 4. The van der Waals surface area contributed by atoms with Gasteiger partial charge in [0.15, 0.2) is 5.69 Å². The Morgan fingerprint density at radius 3 is 2.91 bits per heavy atom. The zero-order chi connectivity index (χ0) is 22.6. The molecule has 166 valence electrons. The predicted octanol–water partition coefficient (Wildman–Crippen LogP) is 3.10. The number of rotatable bonds is 6. The molecule has 0 radical (unpaired) electrons. The van der Waals surface area contributed by atoms with Crippen LogP contribution in [-0.2, 0) is 6.54 Å². The quantitative estimate of drug-likeness (QED) is 0.365. The van der Waals surface area contributed by atoms with Crippen molar-refractivity contribution in [3.63, 3.8) is 0 Å². The van der Waals surface area contributed by atoms with E-state index in [1.54, 1.807) is 23.1 Å². The number of piperidine rings is 1. The lowest BCUT2D eigenvalue weighted by molar-refractivity contribution is 0.102. The number of anilines is 2. The first-order valence-corrected chi connectivity index (χ1v) is 11.0. The van der Waals surface area contributed by atoms with Gasteiger partial charge in [0.1, 0.15) is 0 Å². The number of carbonyl (C=O) groups excluding carboxylic acids is 1. The number of nitrogens with zero attached hydrogens (tertiary/aromatic N) is 4. The molecule has 2 aromatic carbocycles. The standard InChI is InChI=1S/C24H24N8O/c25-12-16-2-1-3-17(10-16)14-32-15-20(13-27-32)29-24(33)23-21-5-4-19(11-22(21)30-31-23)28-18-6-8-26-9-7-18/h1-5,10-11,13,15,18,26,28H,6-9,14H2,(H,29,33)(H,30,31). The second-order valence-electron chi connectivity index (χ2n) is 8.19. The number of amides is 1. The van der Waals surface area contributed by atoms with Gasteiger partial charge in [-0.25, -0.2) is 0 Å². The molecule has 1 saturated heterocycles. The second-order valence-corrected chi connectivity index (χ2v) is 8.19. The summed E-state index contributed by atoms with van der Waals surface area (Å²) in [6.07, 6.45) is 5.53. The molecule has 1 aliphatic rings. The fourth-order valence-corrected chi connectivity index (χ4v) is 4.12. The summed E-state index contributed by atoms with van der Waals surface area (Å²) in [6.45, 7) is 2.55. The molecule has 1 amide bonds. The van der Waals surface area contributed by atoms with E-state index in [0.29, 0.717) is 29.5 Å². The summed E-state index contributed by atoms with van der Waals surface area (Å²) in [5.74, 6) is -0.300. The molecule has 0 saturated carbocycles. The summed E-state index contributed by atoms with van der Waals surface area (Å²) in [5, 5.41) is 31.1. The maximum absolute atomic E-state index is 12.9. The number of nitriles is 1. The van der Waals surface area contributed by atoms with Gasteiger partial charge in [0.2, 0.25) is 0 Å². The molecule has 4 N–H and O–H groups in total. The molecule has 0 aliphatic carbocycles. The van der Waals surface area contributed by atoms with Crippen LogP contribution < -0.4 is 16.0 Å². The largest absolute Gasteiger partial charge is 0.382 e. The van der Waals surface area contributed by atoms with Crippen LogP contribution in [0.15, 0.2) is 54.9 Å². The maximum Gasteiger partial charge on any atom is 0.276 e. The molecule has 0 spiro atoms. The molecule has 33 heavy (non-hydrogen) atoms. The Labute approximate surface area is 190 Å². The molecule has 1 aliphatic heterocycles. The first kappa shape index (κ1) is 20.7. The molecule has 2 aromatic heterocycles. The van der Waals surface area contributed by atoms with Crippen molar-refractivity contribution in [2.75, 3.05) is 23.7 Å². The van der Waals surface area contributed by atoms with Gasteiger partial charge < -0.3 is 16.0 Å². The minimum Gasteiger partial charge on any atom is -0.382 e. The first-order valence-electron chi connectivity index (χ1n) is 11.0. The number of benzene rings is 2. The van der Waals surface area contributed by atoms with E-state index >= 15 is 0 Å². The van der Waals surface area contributed by atoms with E-state index in [2.05, 4.69) is 37.3 Å². The first-order chi connectivity index (χ1) is 16.2. The van der Waals surface area contributed by atoms with Crippen molar-refractivity contribution in [1.82, 2.24) is 25.3 Å². The van der Waals surface area contributed by atoms with Crippen LogP contribution in [0, 0.1) is 11.3 Å². The van der Waals surface area contributed by atoms with E-state index in [9.17, 15) is 4.79 Å². The Kier molecular flexibility index (Phi) is 5.74. The highest BCUT2D eigenvalue weighted by Crippen LogP contribution is 2.23. The highest BCUT2D eigenvalue weighted by Gasteiger charge is 2.17. The molecule has 5 rings (SSSR count). The van der Waals surface area contributed by atoms with E-state index in [4.69, 9.17) is 5.26 Å². The SMILES string of the molecule is N#Cc1cccc(Cn2cc(NC(=O)c3n[nH]c4cc(NC5CCNCC5)ccc34)cn2)c1. The fraction of sp³-hybridized carbons (Fsp3) is 0.250. The molecule has 9 heteroatoms. The summed E-state index contributed by atoms with van der Waals surface area (Å²) in [5.41, 5.74) is 4.32. The zero-order valence-electron chi connectivity index (χ0n) is 18.0. The van der Waals surface area contributed by atoms with Crippen LogP contribution in [0.5, 0.6) is 0 Å². The normalized spacial score (nSPS) is 14.2. The molecule has 0 atom stereocenters. The number of hydrogen-bond acceptors (Lipinski definition) is 6. The van der Waals surface area contributed by atoms with Crippen molar-refractivity contribution >= 4 is 28.2 Å². The van der Waals surface area contributed by atoms with Gasteiger partial charge in [-0.05, 0) is 61.8 Å². The summed E-state index contributed by atoms with van der Waals surface area (Å²) < 4.78 is 1.72. The molecule has 4 aromatic rings. The lowest BCUT2D eigenvalue weighted by Crippen LogP contribution is -2.35. The number of carbonyl (C=O) groups is 1. The van der Waals surface area contributed by atoms with Crippen LogP contribution in [0.3, 0.4) is 0 Å². The van der Waals surface area contributed by atoms with Crippen LogP contribution in [0.2, 0.25) is 0 Å². The van der Waals surface area contributed by atoms with Crippen molar-refractivity contribution in [2.45, 2.75) is 25.4 Å². The average molecular weight is 441 g/mol. The summed E-state index contributed by atoms with van der Waals surface area (Å²) >= 11 is 0.